The first-order valence-electron chi connectivity index (χ1n) is 8.36. The number of hydrogen-bond donors (Lipinski definition) is 2. The number of nitrogen functional groups attached to an aromatic ring is 1. The fourth-order valence-electron chi connectivity index (χ4n) is 3.35. The van der Waals surface area contributed by atoms with E-state index in [1.165, 1.54) is 25.0 Å². The van der Waals surface area contributed by atoms with Crippen LogP contribution in [0, 0.1) is 0 Å². The second kappa shape index (κ2) is 6.15. The van der Waals surface area contributed by atoms with Crippen LogP contribution in [0.3, 0.4) is 0 Å². The molecule has 1 aromatic carbocycles. The van der Waals surface area contributed by atoms with Crippen LogP contribution in [0.4, 0.5) is 30.6 Å². The molecule has 26 heavy (non-hydrogen) atoms. The average Bonchev–Trinajstić information content (AvgIpc) is 3.23. The van der Waals surface area contributed by atoms with Crippen molar-refractivity contribution in [2.75, 3.05) is 11.1 Å². The molecule has 0 radical (unpaired) electrons. The second-order valence-corrected chi connectivity index (χ2v) is 6.39. The maximum atomic E-state index is 12.7. The number of aromatic nitrogens is 4. The molecular weight excluding hydrogens is 345 g/mol. The molecule has 0 saturated heterocycles. The van der Waals surface area contributed by atoms with Gasteiger partial charge in [0.25, 0.3) is 0 Å². The van der Waals surface area contributed by atoms with Crippen LogP contribution >= 0.6 is 0 Å². The summed E-state index contributed by atoms with van der Waals surface area (Å²) in [7, 11) is 0. The fraction of sp³-hybridized carbons (Fsp3) is 0.353. The van der Waals surface area contributed by atoms with Crippen molar-refractivity contribution in [3.8, 4) is 0 Å². The number of halogens is 3. The van der Waals surface area contributed by atoms with Crippen molar-refractivity contribution in [3.05, 3.63) is 36.2 Å². The van der Waals surface area contributed by atoms with E-state index >= 15 is 0 Å². The Balaban J connectivity index is 1.68. The molecule has 0 aliphatic heterocycles. The number of benzene rings is 1. The highest BCUT2D eigenvalue weighted by Crippen LogP contribution is 2.34. The number of nitrogens with one attached hydrogen (secondary N) is 1. The molecule has 2 heterocycles. The molecule has 4 rings (SSSR count). The summed E-state index contributed by atoms with van der Waals surface area (Å²) in [6, 6.07) is 5.07. The standard InChI is InChI=1S/C17H17F3N6/c18-17(19,20)10-5-7-11(8-6-10)23-14-13-15(25-16(21)24-14)26(9-22-13)12-3-1-2-4-12/h5-9,12H,1-4H2,(H3,21,23,24,25). The normalized spacial score (nSPS) is 15.7. The van der Waals surface area contributed by atoms with Crippen molar-refractivity contribution in [1.29, 1.82) is 0 Å². The van der Waals surface area contributed by atoms with E-state index in [0.717, 1.165) is 25.0 Å². The maximum Gasteiger partial charge on any atom is 0.416 e. The average molecular weight is 362 g/mol. The Bertz CT molecular complexity index is 926. The zero-order valence-electron chi connectivity index (χ0n) is 13.8. The summed E-state index contributed by atoms with van der Waals surface area (Å²) in [5.41, 5.74) is 6.78. The van der Waals surface area contributed by atoms with E-state index in [1.807, 2.05) is 4.57 Å². The van der Waals surface area contributed by atoms with E-state index in [4.69, 9.17) is 5.73 Å². The predicted octanol–water partition coefficient (Wildman–Crippen LogP) is 4.29. The number of anilines is 3. The fourth-order valence-corrected chi connectivity index (χ4v) is 3.35. The summed E-state index contributed by atoms with van der Waals surface area (Å²) >= 11 is 0. The third kappa shape index (κ3) is 3.04. The van der Waals surface area contributed by atoms with Gasteiger partial charge in [-0.25, -0.2) is 4.98 Å². The summed E-state index contributed by atoms with van der Waals surface area (Å²) in [5.74, 6) is 0.468. The van der Waals surface area contributed by atoms with Gasteiger partial charge in [0.15, 0.2) is 17.0 Å². The predicted molar refractivity (Wildman–Crippen MR) is 92.0 cm³/mol. The lowest BCUT2D eigenvalue weighted by molar-refractivity contribution is -0.137. The molecule has 1 aliphatic rings. The van der Waals surface area contributed by atoms with Crippen LogP contribution in [-0.4, -0.2) is 19.5 Å². The van der Waals surface area contributed by atoms with Crippen LogP contribution in [0.25, 0.3) is 11.2 Å². The Morgan fingerprint density at radius 3 is 2.42 bits per heavy atom. The SMILES string of the molecule is Nc1nc(Nc2ccc(C(F)(F)F)cc2)c2ncn(C3CCCC3)c2n1. The topological polar surface area (TPSA) is 81.6 Å². The first kappa shape index (κ1) is 16.6. The summed E-state index contributed by atoms with van der Waals surface area (Å²) < 4.78 is 40.1. The van der Waals surface area contributed by atoms with Crippen LogP contribution in [0.15, 0.2) is 30.6 Å². The molecule has 136 valence electrons. The Kier molecular flexibility index (Phi) is 3.93. The van der Waals surface area contributed by atoms with E-state index in [1.54, 1.807) is 6.33 Å². The number of nitrogens with zero attached hydrogens (tertiary/aromatic N) is 4. The summed E-state index contributed by atoms with van der Waals surface area (Å²) in [5, 5.41) is 3.00. The molecule has 0 unspecified atom stereocenters. The molecule has 1 saturated carbocycles. The molecule has 0 bridgehead atoms. The lowest BCUT2D eigenvalue weighted by Crippen LogP contribution is -2.07. The summed E-state index contributed by atoms with van der Waals surface area (Å²) in [6.07, 6.45) is 1.83. The molecule has 3 N–H and O–H groups in total. The molecule has 0 amide bonds. The van der Waals surface area contributed by atoms with Crippen LogP contribution in [0.1, 0.15) is 37.3 Å². The molecule has 3 aromatic rings. The minimum Gasteiger partial charge on any atom is -0.368 e. The highest BCUT2D eigenvalue weighted by atomic mass is 19.4. The molecule has 1 aliphatic carbocycles. The van der Waals surface area contributed by atoms with Gasteiger partial charge in [0, 0.05) is 11.7 Å². The number of nitrogens with two attached hydrogens (primary N) is 1. The zero-order valence-corrected chi connectivity index (χ0v) is 13.8. The van der Waals surface area contributed by atoms with E-state index in [0.29, 0.717) is 28.7 Å². The minimum absolute atomic E-state index is 0.0895. The molecule has 6 nitrogen and oxygen atoms in total. The monoisotopic (exact) mass is 362 g/mol. The van der Waals surface area contributed by atoms with Crippen LogP contribution in [-0.2, 0) is 6.18 Å². The highest BCUT2D eigenvalue weighted by molar-refractivity contribution is 5.86. The third-order valence-corrected chi connectivity index (χ3v) is 4.63. The smallest absolute Gasteiger partial charge is 0.368 e. The quantitative estimate of drug-likeness (QED) is 0.726. The molecular formula is C17H17F3N6. The van der Waals surface area contributed by atoms with Gasteiger partial charge in [0.05, 0.1) is 11.9 Å². The van der Waals surface area contributed by atoms with Crippen molar-refractivity contribution in [2.45, 2.75) is 37.9 Å². The molecule has 0 atom stereocenters. The molecule has 1 fully saturated rings. The lowest BCUT2D eigenvalue weighted by atomic mass is 10.2. The summed E-state index contributed by atoms with van der Waals surface area (Å²) in [4.78, 5) is 12.9. The Morgan fingerprint density at radius 2 is 1.77 bits per heavy atom. The van der Waals surface area contributed by atoms with Crippen molar-refractivity contribution in [3.63, 3.8) is 0 Å². The number of hydrogen-bond acceptors (Lipinski definition) is 5. The van der Waals surface area contributed by atoms with Gasteiger partial charge in [-0.05, 0) is 37.1 Å². The Morgan fingerprint density at radius 1 is 1.08 bits per heavy atom. The van der Waals surface area contributed by atoms with Gasteiger partial charge in [-0.1, -0.05) is 12.8 Å². The Hall–Kier alpha value is -2.84. The van der Waals surface area contributed by atoms with Gasteiger partial charge in [-0.2, -0.15) is 23.1 Å². The third-order valence-electron chi connectivity index (χ3n) is 4.63. The van der Waals surface area contributed by atoms with E-state index in [9.17, 15) is 13.2 Å². The number of rotatable bonds is 3. The van der Waals surface area contributed by atoms with Crippen LogP contribution in [0.2, 0.25) is 0 Å². The minimum atomic E-state index is -4.37. The van der Waals surface area contributed by atoms with Crippen LogP contribution in [0.5, 0.6) is 0 Å². The Labute approximate surface area is 147 Å². The zero-order chi connectivity index (χ0) is 18.3. The van der Waals surface area contributed by atoms with Crippen molar-refractivity contribution in [1.82, 2.24) is 19.5 Å². The number of fused-ring (bicyclic) bond motifs is 1. The van der Waals surface area contributed by atoms with E-state index < -0.39 is 11.7 Å². The first-order chi connectivity index (χ1) is 12.4. The lowest BCUT2D eigenvalue weighted by Gasteiger charge is -2.12. The van der Waals surface area contributed by atoms with E-state index in [2.05, 4.69) is 20.3 Å². The summed E-state index contributed by atoms with van der Waals surface area (Å²) in [6.45, 7) is 0. The second-order valence-electron chi connectivity index (χ2n) is 6.39. The van der Waals surface area contributed by atoms with Gasteiger partial charge >= 0.3 is 6.18 Å². The number of imidazole rings is 1. The maximum absolute atomic E-state index is 12.7. The van der Waals surface area contributed by atoms with Gasteiger partial charge in [-0.15, -0.1) is 0 Å². The highest BCUT2D eigenvalue weighted by Gasteiger charge is 2.30. The van der Waals surface area contributed by atoms with E-state index in [-0.39, 0.29) is 5.95 Å². The van der Waals surface area contributed by atoms with Crippen LogP contribution < -0.4 is 11.1 Å². The van der Waals surface area contributed by atoms with Gasteiger partial charge in [0.1, 0.15) is 0 Å². The van der Waals surface area contributed by atoms with Crippen molar-refractivity contribution >= 4 is 28.6 Å². The largest absolute Gasteiger partial charge is 0.416 e. The molecule has 0 spiro atoms. The van der Waals surface area contributed by atoms with Crippen molar-refractivity contribution in [2.24, 2.45) is 0 Å². The molecule has 2 aromatic heterocycles. The first-order valence-corrected chi connectivity index (χ1v) is 8.36. The number of alkyl halides is 3. The van der Waals surface area contributed by atoms with Crippen molar-refractivity contribution < 1.29 is 13.2 Å². The molecule has 9 heteroatoms. The van der Waals surface area contributed by atoms with Gasteiger partial charge < -0.3 is 15.6 Å². The van der Waals surface area contributed by atoms with Gasteiger partial charge in [0.2, 0.25) is 5.95 Å². The van der Waals surface area contributed by atoms with Gasteiger partial charge in [-0.3, -0.25) is 0 Å².